The Bertz CT molecular complexity index is 649. The number of amides is 1. The number of ether oxygens (including phenoxy) is 1. The van der Waals surface area contributed by atoms with Crippen molar-refractivity contribution in [2.75, 3.05) is 7.11 Å². The molecule has 1 heterocycles. The molecule has 1 unspecified atom stereocenters. The van der Waals surface area contributed by atoms with Crippen molar-refractivity contribution in [1.82, 2.24) is 10.3 Å². The van der Waals surface area contributed by atoms with Crippen LogP contribution < -0.4 is 5.32 Å². The summed E-state index contributed by atoms with van der Waals surface area (Å²) in [6, 6.07) is 6.04. The molecule has 0 aliphatic carbocycles. The van der Waals surface area contributed by atoms with Crippen LogP contribution in [0.5, 0.6) is 0 Å². The summed E-state index contributed by atoms with van der Waals surface area (Å²) in [5.74, 6) is 0.243. The molecule has 114 valence electrons. The molecule has 0 fully saturated rings. The van der Waals surface area contributed by atoms with Crippen molar-refractivity contribution in [3.8, 4) is 0 Å². The summed E-state index contributed by atoms with van der Waals surface area (Å²) in [6.45, 7) is 6.39. The lowest BCUT2D eigenvalue weighted by molar-refractivity contribution is -0.130. The van der Waals surface area contributed by atoms with Crippen LogP contribution in [0.3, 0.4) is 0 Å². The van der Waals surface area contributed by atoms with Gasteiger partial charge < -0.3 is 15.0 Å². The van der Waals surface area contributed by atoms with Gasteiger partial charge in [-0.2, -0.15) is 0 Å². The number of aromatic nitrogens is 1. The molecule has 1 atom stereocenters. The highest BCUT2D eigenvalue weighted by molar-refractivity contribution is 6.32. The molecule has 2 aromatic rings. The number of nitrogens with one attached hydrogen (secondary N) is 2. The van der Waals surface area contributed by atoms with Crippen LogP contribution in [0.1, 0.15) is 37.9 Å². The number of fused-ring (bicyclic) bond motifs is 1. The molecule has 1 aromatic heterocycles. The fourth-order valence-electron chi connectivity index (χ4n) is 2.20. The van der Waals surface area contributed by atoms with Gasteiger partial charge in [0.15, 0.2) is 0 Å². The van der Waals surface area contributed by atoms with E-state index in [4.69, 9.17) is 16.3 Å². The third-order valence-corrected chi connectivity index (χ3v) is 3.92. The number of carbonyl (C=O) groups excluding carboxylic acids is 1. The summed E-state index contributed by atoms with van der Waals surface area (Å²) in [5, 5.41) is 4.66. The van der Waals surface area contributed by atoms with Gasteiger partial charge in [-0.1, -0.05) is 25.4 Å². The zero-order valence-corrected chi connectivity index (χ0v) is 13.5. The van der Waals surface area contributed by atoms with E-state index >= 15 is 0 Å². The van der Waals surface area contributed by atoms with Gasteiger partial charge in [0.25, 0.3) is 0 Å². The summed E-state index contributed by atoms with van der Waals surface area (Å²) in [7, 11) is 1.52. The van der Waals surface area contributed by atoms with E-state index < -0.39 is 6.10 Å². The molecule has 0 spiro atoms. The minimum atomic E-state index is -0.448. The first-order valence-electron chi connectivity index (χ1n) is 7.04. The Labute approximate surface area is 129 Å². The predicted molar refractivity (Wildman–Crippen MR) is 85.7 cm³/mol. The van der Waals surface area contributed by atoms with Gasteiger partial charge in [0.05, 0.1) is 6.54 Å². The van der Waals surface area contributed by atoms with E-state index in [1.54, 1.807) is 6.92 Å². The number of halogens is 1. The molecule has 2 N–H and O–H groups in total. The molecule has 0 saturated heterocycles. The van der Waals surface area contributed by atoms with Gasteiger partial charge in [0.2, 0.25) is 5.91 Å². The van der Waals surface area contributed by atoms with Crippen molar-refractivity contribution < 1.29 is 9.53 Å². The normalized spacial score (nSPS) is 12.9. The molecular formula is C16H21ClN2O2. The third-order valence-electron chi connectivity index (χ3n) is 3.59. The van der Waals surface area contributed by atoms with Gasteiger partial charge in [0.1, 0.15) is 6.10 Å². The Morgan fingerprint density at radius 3 is 2.67 bits per heavy atom. The molecule has 0 bridgehead atoms. The number of rotatable bonds is 5. The maximum Gasteiger partial charge on any atom is 0.249 e. The predicted octanol–water partition coefficient (Wildman–Crippen LogP) is 3.60. The molecule has 2 rings (SSSR count). The lowest BCUT2D eigenvalue weighted by Crippen LogP contribution is -2.33. The van der Waals surface area contributed by atoms with Gasteiger partial charge in [0, 0.05) is 28.7 Å². The van der Waals surface area contributed by atoms with Crippen LogP contribution >= 0.6 is 11.6 Å². The maximum absolute atomic E-state index is 11.7. The summed E-state index contributed by atoms with van der Waals surface area (Å²) < 4.78 is 4.98. The summed E-state index contributed by atoms with van der Waals surface area (Å²) >= 11 is 6.30. The highest BCUT2D eigenvalue weighted by Crippen LogP contribution is 2.29. The fourth-order valence-corrected chi connectivity index (χ4v) is 2.59. The second-order valence-corrected chi connectivity index (χ2v) is 5.91. The topological polar surface area (TPSA) is 54.1 Å². The average Bonchev–Trinajstić information content (AvgIpc) is 2.84. The van der Waals surface area contributed by atoms with Gasteiger partial charge in [-0.3, -0.25) is 4.79 Å². The molecule has 21 heavy (non-hydrogen) atoms. The van der Waals surface area contributed by atoms with Gasteiger partial charge in [-0.25, -0.2) is 0 Å². The SMILES string of the molecule is COC(C)C(=O)NCc1cc2cc(Cl)c(C(C)C)cc2[nH]1. The zero-order valence-electron chi connectivity index (χ0n) is 12.8. The van der Waals surface area contributed by atoms with Crippen molar-refractivity contribution >= 4 is 28.4 Å². The zero-order chi connectivity index (χ0) is 15.6. The molecule has 5 heteroatoms. The molecule has 0 aliphatic rings. The van der Waals surface area contributed by atoms with Crippen LogP contribution in [0, 0.1) is 0 Å². The number of benzene rings is 1. The minimum Gasteiger partial charge on any atom is -0.372 e. The molecular weight excluding hydrogens is 288 g/mol. The minimum absolute atomic E-state index is 0.128. The van der Waals surface area contributed by atoms with Crippen molar-refractivity contribution in [3.05, 3.63) is 34.5 Å². The van der Waals surface area contributed by atoms with Crippen molar-refractivity contribution in [2.24, 2.45) is 0 Å². The largest absolute Gasteiger partial charge is 0.372 e. The molecule has 1 aromatic carbocycles. The van der Waals surface area contributed by atoms with Gasteiger partial charge in [-0.05, 0) is 36.6 Å². The van der Waals surface area contributed by atoms with Crippen LogP contribution in [0.4, 0.5) is 0 Å². The first-order chi connectivity index (χ1) is 9.92. The van der Waals surface area contributed by atoms with Crippen LogP contribution in [0.2, 0.25) is 5.02 Å². The third kappa shape index (κ3) is 3.57. The van der Waals surface area contributed by atoms with Gasteiger partial charge in [-0.15, -0.1) is 0 Å². The number of aromatic amines is 1. The first-order valence-corrected chi connectivity index (χ1v) is 7.41. The second kappa shape index (κ2) is 6.50. The van der Waals surface area contributed by atoms with Crippen LogP contribution in [-0.4, -0.2) is 24.1 Å². The smallest absolute Gasteiger partial charge is 0.249 e. The van der Waals surface area contributed by atoms with E-state index in [1.807, 2.05) is 12.1 Å². The van der Waals surface area contributed by atoms with E-state index in [0.717, 1.165) is 27.2 Å². The standard InChI is InChI=1S/C16H21ClN2O2/c1-9(2)13-7-15-11(6-14(13)17)5-12(19-15)8-18-16(20)10(3)21-4/h5-7,9-10,19H,8H2,1-4H3,(H,18,20). The summed E-state index contributed by atoms with van der Waals surface area (Å²) in [6.07, 6.45) is -0.448. The molecule has 0 aliphatic heterocycles. The number of carbonyl (C=O) groups is 1. The summed E-state index contributed by atoms with van der Waals surface area (Å²) in [4.78, 5) is 15.0. The van der Waals surface area contributed by atoms with Gasteiger partial charge >= 0.3 is 0 Å². The Morgan fingerprint density at radius 1 is 1.33 bits per heavy atom. The number of methoxy groups -OCH3 is 1. The first kappa shape index (κ1) is 15.9. The lowest BCUT2D eigenvalue weighted by Gasteiger charge is -2.09. The molecule has 1 amide bonds. The monoisotopic (exact) mass is 308 g/mol. The molecule has 0 saturated carbocycles. The van der Waals surface area contributed by atoms with Crippen molar-refractivity contribution in [3.63, 3.8) is 0 Å². The molecule has 0 radical (unpaired) electrons. The highest BCUT2D eigenvalue weighted by Gasteiger charge is 2.12. The van der Waals surface area contributed by atoms with E-state index in [1.165, 1.54) is 7.11 Å². The van der Waals surface area contributed by atoms with E-state index in [2.05, 4.69) is 30.2 Å². The number of hydrogen-bond acceptors (Lipinski definition) is 2. The lowest BCUT2D eigenvalue weighted by atomic mass is 10.0. The van der Waals surface area contributed by atoms with Crippen LogP contribution in [-0.2, 0) is 16.1 Å². The Balaban J connectivity index is 2.18. The number of hydrogen-bond donors (Lipinski definition) is 2. The highest BCUT2D eigenvalue weighted by atomic mass is 35.5. The van der Waals surface area contributed by atoms with Crippen LogP contribution in [0.25, 0.3) is 10.9 Å². The Hall–Kier alpha value is -1.52. The van der Waals surface area contributed by atoms with E-state index in [9.17, 15) is 4.79 Å². The van der Waals surface area contributed by atoms with Crippen LogP contribution in [0.15, 0.2) is 18.2 Å². The average molecular weight is 309 g/mol. The Kier molecular flexibility index (Phi) is 4.91. The van der Waals surface area contributed by atoms with Crippen molar-refractivity contribution in [2.45, 2.75) is 39.3 Å². The van der Waals surface area contributed by atoms with E-state index in [-0.39, 0.29) is 5.91 Å². The molecule has 4 nitrogen and oxygen atoms in total. The Morgan fingerprint density at radius 2 is 2.05 bits per heavy atom. The van der Waals surface area contributed by atoms with Crippen molar-refractivity contribution in [1.29, 1.82) is 0 Å². The van der Waals surface area contributed by atoms with E-state index in [0.29, 0.717) is 12.5 Å². The summed E-state index contributed by atoms with van der Waals surface area (Å²) in [5.41, 5.74) is 3.10. The fraction of sp³-hybridized carbons (Fsp3) is 0.438. The second-order valence-electron chi connectivity index (χ2n) is 5.51. The number of H-pyrrole nitrogens is 1. The quantitative estimate of drug-likeness (QED) is 0.887. The maximum atomic E-state index is 11.7.